The molecule has 0 bridgehead atoms. The summed E-state index contributed by atoms with van der Waals surface area (Å²) in [7, 11) is 2.11. The molecular weight excluding hydrogens is 226 g/mol. The van der Waals surface area contributed by atoms with Crippen LogP contribution in [0.2, 0.25) is 0 Å². The van der Waals surface area contributed by atoms with Crippen molar-refractivity contribution in [2.45, 2.75) is 65.6 Å². The molecule has 0 saturated carbocycles. The Morgan fingerprint density at radius 1 is 1.33 bits per heavy atom. The molecule has 108 valence electrons. The van der Waals surface area contributed by atoms with Gasteiger partial charge in [-0.05, 0) is 46.7 Å². The fourth-order valence-electron chi connectivity index (χ4n) is 2.26. The summed E-state index contributed by atoms with van der Waals surface area (Å²) in [6.07, 6.45) is 0.726. The zero-order chi connectivity index (χ0) is 14.5. The summed E-state index contributed by atoms with van der Waals surface area (Å²) in [5.41, 5.74) is 4.90. The van der Waals surface area contributed by atoms with E-state index in [0.717, 1.165) is 13.0 Å². The fraction of sp³-hybridized carbons (Fsp3) is 0.929. The number of nitrogens with one attached hydrogen (secondary N) is 1. The van der Waals surface area contributed by atoms with Crippen molar-refractivity contribution < 1.29 is 4.79 Å². The Hall–Kier alpha value is -0.610. The molecule has 0 aromatic heterocycles. The number of hydrogen-bond donors (Lipinski definition) is 2. The number of likely N-dealkylation sites (N-methyl/N-ethyl adjacent to an activating group) is 1. The molecule has 4 nitrogen and oxygen atoms in total. The van der Waals surface area contributed by atoms with Gasteiger partial charge >= 0.3 is 0 Å². The van der Waals surface area contributed by atoms with E-state index in [2.05, 4.69) is 45.0 Å². The van der Waals surface area contributed by atoms with E-state index in [1.165, 1.54) is 0 Å². The molecule has 0 saturated heterocycles. The predicted octanol–water partition coefficient (Wildman–Crippen LogP) is 1.59. The third kappa shape index (κ3) is 4.58. The number of hydrogen-bond acceptors (Lipinski definition) is 3. The van der Waals surface area contributed by atoms with Crippen LogP contribution in [0.1, 0.15) is 48.0 Å². The van der Waals surface area contributed by atoms with Crippen LogP contribution in [0, 0.1) is 5.92 Å². The molecule has 0 heterocycles. The van der Waals surface area contributed by atoms with Gasteiger partial charge in [-0.15, -0.1) is 0 Å². The minimum atomic E-state index is -0.626. The van der Waals surface area contributed by atoms with Crippen LogP contribution in [0.25, 0.3) is 0 Å². The molecule has 0 spiro atoms. The lowest BCUT2D eigenvalue weighted by Gasteiger charge is -2.38. The van der Waals surface area contributed by atoms with Gasteiger partial charge in [-0.1, -0.05) is 20.8 Å². The standard InChI is InChI=1S/C14H31N3O/c1-8-16-14(6,13(15)18)9-11(4)17(7)12(5)10(2)3/h10-12,16H,8-9H2,1-7H3,(H2,15,18). The van der Waals surface area contributed by atoms with E-state index >= 15 is 0 Å². The molecule has 0 aliphatic rings. The third-order valence-electron chi connectivity index (χ3n) is 4.12. The van der Waals surface area contributed by atoms with Crippen LogP contribution in [0.15, 0.2) is 0 Å². The lowest BCUT2D eigenvalue weighted by molar-refractivity contribution is -0.124. The molecule has 1 amide bonds. The highest BCUT2D eigenvalue weighted by Crippen LogP contribution is 2.19. The SMILES string of the molecule is CCNC(C)(CC(C)N(C)C(C)C(C)C)C(N)=O. The lowest BCUT2D eigenvalue weighted by Crippen LogP contribution is -2.56. The highest BCUT2D eigenvalue weighted by Gasteiger charge is 2.33. The van der Waals surface area contributed by atoms with E-state index in [1.807, 2.05) is 13.8 Å². The van der Waals surface area contributed by atoms with Gasteiger partial charge in [0.15, 0.2) is 0 Å². The predicted molar refractivity (Wildman–Crippen MR) is 77.4 cm³/mol. The second-order valence-corrected chi connectivity index (χ2v) is 5.93. The zero-order valence-electron chi connectivity index (χ0n) is 13.1. The monoisotopic (exact) mass is 257 g/mol. The highest BCUT2D eigenvalue weighted by molar-refractivity contribution is 5.84. The summed E-state index contributed by atoms with van der Waals surface area (Å²) in [4.78, 5) is 13.9. The van der Waals surface area contributed by atoms with Gasteiger partial charge in [0.1, 0.15) is 0 Å². The molecule has 0 aliphatic heterocycles. The highest BCUT2D eigenvalue weighted by atomic mass is 16.1. The van der Waals surface area contributed by atoms with Gasteiger partial charge in [0, 0.05) is 12.1 Å². The lowest BCUT2D eigenvalue weighted by atomic mass is 9.91. The van der Waals surface area contributed by atoms with Crippen LogP contribution >= 0.6 is 0 Å². The van der Waals surface area contributed by atoms with Gasteiger partial charge < -0.3 is 16.0 Å². The first-order valence-corrected chi connectivity index (χ1v) is 6.92. The summed E-state index contributed by atoms with van der Waals surface area (Å²) >= 11 is 0. The van der Waals surface area contributed by atoms with Crippen LogP contribution in [0.4, 0.5) is 0 Å². The molecule has 0 aliphatic carbocycles. The molecule has 3 N–H and O–H groups in total. The number of rotatable bonds is 8. The van der Waals surface area contributed by atoms with Crippen molar-refractivity contribution in [3.63, 3.8) is 0 Å². The summed E-state index contributed by atoms with van der Waals surface area (Å²) in [6, 6.07) is 0.790. The minimum Gasteiger partial charge on any atom is -0.368 e. The molecule has 3 unspecified atom stereocenters. The number of carbonyl (C=O) groups is 1. The maximum absolute atomic E-state index is 11.6. The first-order valence-electron chi connectivity index (χ1n) is 6.92. The van der Waals surface area contributed by atoms with E-state index in [4.69, 9.17) is 5.73 Å². The fourth-order valence-corrected chi connectivity index (χ4v) is 2.26. The van der Waals surface area contributed by atoms with E-state index < -0.39 is 5.54 Å². The van der Waals surface area contributed by atoms with Crippen LogP contribution in [0.3, 0.4) is 0 Å². The van der Waals surface area contributed by atoms with Crippen molar-refractivity contribution in [1.29, 1.82) is 0 Å². The Morgan fingerprint density at radius 3 is 2.17 bits per heavy atom. The smallest absolute Gasteiger partial charge is 0.237 e. The first-order chi connectivity index (χ1) is 8.15. The number of nitrogens with two attached hydrogens (primary N) is 1. The zero-order valence-corrected chi connectivity index (χ0v) is 13.1. The molecule has 4 heteroatoms. The number of amides is 1. The maximum Gasteiger partial charge on any atom is 0.237 e. The number of carbonyl (C=O) groups excluding carboxylic acids is 1. The van der Waals surface area contributed by atoms with Crippen molar-refractivity contribution in [1.82, 2.24) is 10.2 Å². The van der Waals surface area contributed by atoms with E-state index in [9.17, 15) is 4.79 Å². The largest absolute Gasteiger partial charge is 0.368 e. The molecule has 3 atom stereocenters. The molecule has 0 aromatic carbocycles. The topological polar surface area (TPSA) is 58.4 Å². The van der Waals surface area contributed by atoms with Gasteiger partial charge in [0.25, 0.3) is 0 Å². The summed E-state index contributed by atoms with van der Waals surface area (Å²) in [5.74, 6) is 0.318. The van der Waals surface area contributed by atoms with E-state index in [-0.39, 0.29) is 5.91 Å². The van der Waals surface area contributed by atoms with Gasteiger partial charge in [-0.3, -0.25) is 4.79 Å². The van der Waals surface area contributed by atoms with Crippen molar-refractivity contribution in [2.24, 2.45) is 11.7 Å². The minimum absolute atomic E-state index is 0.276. The van der Waals surface area contributed by atoms with E-state index in [1.54, 1.807) is 0 Å². The van der Waals surface area contributed by atoms with Crippen LogP contribution in [-0.4, -0.2) is 42.0 Å². The maximum atomic E-state index is 11.6. The van der Waals surface area contributed by atoms with Crippen molar-refractivity contribution >= 4 is 5.91 Å². The van der Waals surface area contributed by atoms with Crippen molar-refractivity contribution in [3.8, 4) is 0 Å². The summed E-state index contributed by atoms with van der Waals surface area (Å²) in [5, 5.41) is 3.21. The molecule has 0 fully saturated rings. The quantitative estimate of drug-likeness (QED) is 0.694. The Kier molecular flexibility index (Phi) is 6.86. The van der Waals surface area contributed by atoms with Gasteiger partial charge in [-0.25, -0.2) is 0 Å². The summed E-state index contributed by atoms with van der Waals surface area (Å²) < 4.78 is 0. The molecule has 0 radical (unpaired) electrons. The normalized spacial score (nSPS) is 18.7. The second-order valence-electron chi connectivity index (χ2n) is 5.93. The number of nitrogens with zero attached hydrogens (tertiary/aromatic N) is 1. The van der Waals surface area contributed by atoms with Crippen LogP contribution < -0.4 is 11.1 Å². The Balaban J connectivity index is 4.70. The molecular formula is C14H31N3O. The van der Waals surface area contributed by atoms with Crippen LogP contribution in [0.5, 0.6) is 0 Å². The van der Waals surface area contributed by atoms with Gasteiger partial charge in [0.2, 0.25) is 5.91 Å². The van der Waals surface area contributed by atoms with E-state index in [0.29, 0.717) is 18.0 Å². The first kappa shape index (κ1) is 17.4. The molecule has 0 rings (SSSR count). The van der Waals surface area contributed by atoms with Crippen LogP contribution in [-0.2, 0) is 4.79 Å². The van der Waals surface area contributed by atoms with Gasteiger partial charge in [0.05, 0.1) is 5.54 Å². The molecule has 18 heavy (non-hydrogen) atoms. The molecule has 0 aromatic rings. The van der Waals surface area contributed by atoms with Crippen molar-refractivity contribution in [2.75, 3.05) is 13.6 Å². The Morgan fingerprint density at radius 2 is 1.83 bits per heavy atom. The third-order valence-corrected chi connectivity index (χ3v) is 4.12. The number of primary amides is 1. The average molecular weight is 257 g/mol. The van der Waals surface area contributed by atoms with Gasteiger partial charge in [-0.2, -0.15) is 0 Å². The van der Waals surface area contributed by atoms with Crippen molar-refractivity contribution in [3.05, 3.63) is 0 Å². The summed E-state index contributed by atoms with van der Waals surface area (Å²) in [6.45, 7) is 13.4. The Bertz CT molecular complexity index is 268. The second kappa shape index (κ2) is 7.10. The Labute approximate surface area is 112 Å². The average Bonchev–Trinajstić information content (AvgIpc) is 2.26.